The van der Waals surface area contributed by atoms with Crippen LogP contribution in [0.5, 0.6) is 0 Å². The third kappa shape index (κ3) is 10.3. The maximum atomic E-state index is 11.4. The van der Waals surface area contributed by atoms with Crippen molar-refractivity contribution in [3.05, 3.63) is 24.9 Å². The van der Waals surface area contributed by atoms with Crippen molar-refractivity contribution >= 4 is 6.09 Å². The largest absolute Gasteiger partial charge is 0.444 e. The summed E-state index contributed by atoms with van der Waals surface area (Å²) in [5.74, 6) is 0. The molecule has 2 atom stereocenters. The normalized spacial score (nSPS) is 19.0. The van der Waals surface area contributed by atoms with Gasteiger partial charge in [-0.05, 0) is 53.6 Å². The lowest BCUT2D eigenvalue weighted by atomic mass is 10.1. The molecule has 1 heterocycles. The van der Waals surface area contributed by atoms with E-state index in [0.29, 0.717) is 6.04 Å². The van der Waals surface area contributed by atoms with E-state index in [9.17, 15) is 4.79 Å². The first-order valence-corrected chi connectivity index (χ1v) is 8.87. The van der Waals surface area contributed by atoms with Gasteiger partial charge >= 0.3 is 6.09 Å². The van der Waals surface area contributed by atoms with Crippen LogP contribution >= 0.6 is 0 Å². The summed E-state index contributed by atoms with van der Waals surface area (Å²) in [5, 5.41) is 2.78. The predicted octanol–water partition coefficient (Wildman–Crippen LogP) is 3.81. The van der Waals surface area contributed by atoms with Crippen molar-refractivity contribution < 1.29 is 9.53 Å². The fourth-order valence-corrected chi connectivity index (χ4v) is 2.51. The third-order valence-corrected chi connectivity index (χ3v) is 3.80. The Morgan fingerprint density at radius 2 is 2.12 bits per heavy atom. The van der Waals surface area contributed by atoms with Gasteiger partial charge in [-0.15, -0.1) is 6.58 Å². The zero-order valence-corrected chi connectivity index (χ0v) is 16.2. The number of likely N-dealkylation sites (tertiary alicyclic amines) is 1. The Hall–Kier alpha value is -1.49. The van der Waals surface area contributed by atoms with Crippen molar-refractivity contribution in [2.45, 2.75) is 77.5 Å². The average molecular weight is 340 g/mol. The number of nitrogens with one attached hydrogen (secondary N) is 1. The number of nitrogens with two attached hydrogens (primary N) is 1. The Bertz CT molecular complexity index is 402. The van der Waals surface area contributed by atoms with Crippen LogP contribution < -0.4 is 11.1 Å². The number of hydrogen-bond acceptors (Lipinski definition) is 4. The minimum atomic E-state index is -0.444. The molecule has 0 unspecified atom stereocenters. The Balaban J connectivity index is 0.000000496. The number of nitrogens with zero attached hydrogens (tertiary/aromatic N) is 1. The molecular weight excluding hydrogens is 302 g/mol. The Kier molecular flexibility index (Phi) is 10.4. The van der Waals surface area contributed by atoms with Crippen LogP contribution in [-0.4, -0.2) is 42.3 Å². The summed E-state index contributed by atoms with van der Waals surface area (Å²) in [6, 6.07) is 0.463. The molecule has 140 valence electrons. The van der Waals surface area contributed by atoms with E-state index < -0.39 is 5.60 Å². The van der Waals surface area contributed by atoms with E-state index in [1.165, 1.54) is 19.4 Å². The summed E-state index contributed by atoms with van der Waals surface area (Å²) in [5.41, 5.74) is 5.92. The van der Waals surface area contributed by atoms with Crippen LogP contribution in [0.3, 0.4) is 0 Å². The van der Waals surface area contributed by atoms with E-state index in [1.807, 2.05) is 20.8 Å². The van der Waals surface area contributed by atoms with Crippen LogP contribution in [0.25, 0.3) is 0 Å². The second kappa shape index (κ2) is 11.1. The second-order valence-electron chi connectivity index (χ2n) is 7.34. The number of likely N-dealkylation sites (N-methyl/N-ethyl adjacent to an activating group) is 1. The van der Waals surface area contributed by atoms with Crippen LogP contribution in [0, 0.1) is 0 Å². The Morgan fingerprint density at radius 3 is 2.46 bits per heavy atom. The van der Waals surface area contributed by atoms with Gasteiger partial charge in [-0.3, -0.25) is 4.90 Å². The van der Waals surface area contributed by atoms with Crippen molar-refractivity contribution in [3.8, 4) is 0 Å². The highest BCUT2D eigenvalue weighted by atomic mass is 16.6. The van der Waals surface area contributed by atoms with E-state index in [0.717, 1.165) is 25.0 Å². The molecule has 0 aromatic carbocycles. The van der Waals surface area contributed by atoms with Gasteiger partial charge in [-0.1, -0.05) is 32.4 Å². The van der Waals surface area contributed by atoms with Crippen LogP contribution in [-0.2, 0) is 4.74 Å². The molecule has 1 rings (SSSR count). The number of amides is 1. The van der Waals surface area contributed by atoms with Crippen LogP contribution in [0.2, 0.25) is 0 Å². The summed E-state index contributed by atoms with van der Waals surface area (Å²) in [6.07, 6.45) is 6.93. The molecule has 0 saturated carbocycles. The minimum absolute atomic E-state index is 0.0137. The van der Waals surface area contributed by atoms with Crippen LogP contribution in [0.1, 0.15) is 59.8 Å². The van der Waals surface area contributed by atoms with Gasteiger partial charge in [0, 0.05) is 11.7 Å². The topological polar surface area (TPSA) is 67.6 Å². The first kappa shape index (κ1) is 22.5. The van der Waals surface area contributed by atoms with E-state index in [1.54, 1.807) is 6.08 Å². The fraction of sp³-hybridized carbons (Fsp3) is 0.737. The van der Waals surface area contributed by atoms with E-state index in [4.69, 9.17) is 10.5 Å². The van der Waals surface area contributed by atoms with E-state index >= 15 is 0 Å². The predicted molar refractivity (Wildman–Crippen MR) is 102 cm³/mol. The highest BCUT2D eigenvalue weighted by Crippen LogP contribution is 2.17. The zero-order chi connectivity index (χ0) is 18.8. The summed E-state index contributed by atoms with van der Waals surface area (Å²) >= 11 is 0. The molecule has 3 N–H and O–H groups in total. The molecule has 1 amide bonds. The average Bonchev–Trinajstić information content (AvgIpc) is 2.88. The molecule has 0 aromatic heterocycles. The maximum Gasteiger partial charge on any atom is 0.408 e. The number of ether oxygens (including phenoxy) is 1. The molecule has 0 radical (unpaired) electrons. The van der Waals surface area contributed by atoms with E-state index in [2.05, 4.69) is 37.3 Å². The number of alkyl carbamates (subject to hydrolysis) is 1. The summed E-state index contributed by atoms with van der Waals surface area (Å²) < 4.78 is 5.15. The number of unbranched alkanes of at least 4 members (excludes halogenated alkanes) is 1. The highest BCUT2D eigenvalue weighted by molar-refractivity contribution is 5.68. The Morgan fingerprint density at radius 1 is 1.50 bits per heavy atom. The lowest BCUT2D eigenvalue weighted by Gasteiger charge is -2.22. The van der Waals surface area contributed by atoms with Gasteiger partial charge in [0.15, 0.2) is 0 Å². The number of carbonyl (C=O) groups is 1. The van der Waals surface area contributed by atoms with Crippen molar-refractivity contribution in [1.29, 1.82) is 0 Å². The van der Waals surface area contributed by atoms with Crippen LogP contribution in [0.4, 0.5) is 4.79 Å². The first-order chi connectivity index (χ1) is 11.1. The molecular formula is C19H37N3O2. The molecule has 24 heavy (non-hydrogen) atoms. The van der Waals surface area contributed by atoms with Crippen molar-refractivity contribution in [1.82, 2.24) is 10.2 Å². The maximum absolute atomic E-state index is 11.4. The second-order valence-corrected chi connectivity index (χ2v) is 7.34. The molecule has 5 nitrogen and oxygen atoms in total. The molecule has 0 aliphatic carbocycles. The lowest BCUT2D eigenvalue weighted by molar-refractivity contribution is 0.0512. The molecule has 1 fully saturated rings. The first-order valence-electron chi connectivity index (χ1n) is 8.87. The van der Waals surface area contributed by atoms with Gasteiger partial charge in [-0.2, -0.15) is 0 Å². The van der Waals surface area contributed by atoms with E-state index in [-0.39, 0.29) is 12.1 Å². The lowest BCUT2D eigenvalue weighted by Crippen LogP contribution is -2.38. The van der Waals surface area contributed by atoms with Gasteiger partial charge in [0.1, 0.15) is 5.60 Å². The smallest absolute Gasteiger partial charge is 0.408 e. The fourth-order valence-electron chi connectivity index (χ4n) is 2.51. The highest BCUT2D eigenvalue weighted by Gasteiger charge is 2.21. The Labute approximate surface area is 148 Å². The summed E-state index contributed by atoms with van der Waals surface area (Å²) in [6.45, 7) is 16.2. The molecule has 1 aliphatic rings. The summed E-state index contributed by atoms with van der Waals surface area (Å²) in [7, 11) is 2.09. The number of hydrogen-bond donors (Lipinski definition) is 2. The molecule has 0 spiro atoms. The van der Waals surface area contributed by atoms with Gasteiger partial charge in [0.05, 0.1) is 6.04 Å². The minimum Gasteiger partial charge on any atom is -0.444 e. The number of rotatable bonds is 6. The van der Waals surface area contributed by atoms with Gasteiger partial charge < -0.3 is 15.8 Å². The quantitative estimate of drug-likeness (QED) is 0.722. The van der Waals surface area contributed by atoms with Gasteiger partial charge in [0.25, 0.3) is 0 Å². The molecule has 0 bridgehead atoms. The third-order valence-electron chi connectivity index (χ3n) is 3.80. The monoisotopic (exact) mass is 339 g/mol. The zero-order valence-electron chi connectivity index (χ0n) is 16.2. The van der Waals surface area contributed by atoms with Crippen LogP contribution in [0.15, 0.2) is 24.9 Å². The standard InChI is InChI=1S/C12H23NO2.C7H14N2/c1-6-8-9-10(7-2)13-11(14)15-12(3,4)5;1-6(8)7-4-3-5-9(7)2/h7,10H,2,6,8-9H2,1,3-5H3,(H,13,14);7H,1,3-5,8H2,2H3/t10-;7-/m10/s1. The SMILES string of the molecule is C=C(N)[C@@H]1CCCN1C.C=C[C@H](CCCC)NC(=O)OC(C)(C)C. The summed E-state index contributed by atoms with van der Waals surface area (Å²) in [4.78, 5) is 13.7. The molecule has 1 aliphatic heterocycles. The molecule has 5 heteroatoms. The van der Waals surface area contributed by atoms with Crippen molar-refractivity contribution in [2.24, 2.45) is 5.73 Å². The molecule has 1 saturated heterocycles. The van der Waals surface area contributed by atoms with Gasteiger partial charge in [0.2, 0.25) is 0 Å². The molecule has 0 aromatic rings. The number of carbonyl (C=O) groups excluding carboxylic acids is 1. The van der Waals surface area contributed by atoms with Crippen molar-refractivity contribution in [3.63, 3.8) is 0 Å². The van der Waals surface area contributed by atoms with Crippen molar-refractivity contribution in [2.75, 3.05) is 13.6 Å². The van der Waals surface area contributed by atoms with Gasteiger partial charge in [-0.25, -0.2) is 4.79 Å².